The Morgan fingerprint density at radius 2 is 1.97 bits per heavy atom. The Balaban J connectivity index is 1.64. The van der Waals surface area contributed by atoms with Crippen LogP contribution in [0.25, 0.3) is 0 Å². The molecular formula is C26H38O7. The van der Waals surface area contributed by atoms with E-state index in [2.05, 4.69) is 13.0 Å². The van der Waals surface area contributed by atoms with E-state index >= 15 is 0 Å². The lowest BCUT2D eigenvalue weighted by molar-refractivity contribution is -0.139. The van der Waals surface area contributed by atoms with E-state index in [0.717, 1.165) is 63.4 Å². The fourth-order valence-electron chi connectivity index (χ4n) is 5.63. The van der Waals surface area contributed by atoms with Gasteiger partial charge in [0.15, 0.2) is 6.61 Å². The third kappa shape index (κ3) is 6.85. The quantitative estimate of drug-likeness (QED) is 0.341. The molecule has 0 saturated heterocycles. The number of carboxylic acid groups (broad SMARTS) is 1. The van der Waals surface area contributed by atoms with E-state index in [-0.39, 0.29) is 24.7 Å². The Labute approximate surface area is 196 Å². The van der Waals surface area contributed by atoms with E-state index in [9.17, 15) is 14.7 Å². The van der Waals surface area contributed by atoms with Gasteiger partial charge in [-0.25, -0.2) is 9.59 Å². The number of benzene rings is 1. The molecule has 0 aromatic heterocycles. The number of hydrogen-bond donors (Lipinski definition) is 2. The maximum absolute atomic E-state index is 11.9. The van der Waals surface area contributed by atoms with Gasteiger partial charge in [-0.05, 0) is 86.8 Å². The number of carboxylic acids is 1. The fraction of sp³-hybridized carbons (Fsp3) is 0.692. The SMILES string of the molecule is CCCCC[C@@H](CCC1[C@H](O)C[C@@H]2Cc3c(cccc3OCC(=O)O)C[C@H]12)OC(=O)OCC. The van der Waals surface area contributed by atoms with Gasteiger partial charge in [0.1, 0.15) is 11.9 Å². The van der Waals surface area contributed by atoms with E-state index in [1.165, 1.54) is 5.56 Å². The minimum atomic E-state index is -0.990. The maximum atomic E-state index is 11.9. The van der Waals surface area contributed by atoms with Crippen LogP contribution in [0.2, 0.25) is 0 Å². The second-order valence-corrected chi connectivity index (χ2v) is 9.37. The Hall–Kier alpha value is -2.28. The first-order valence-corrected chi connectivity index (χ1v) is 12.4. The number of aliphatic carboxylic acids is 1. The minimum Gasteiger partial charge on any atom is -0.482 e. The van der Waals surface area contributed by atoms with Crippen LogP contribution in [0, 0.1) is 17.8 Å². The van der Waals surface area contributed by atoms with Gasteiger partial charge >= 0.3 is 12.1 Å². The van der Waals surface area contributed by atoms with Gasteiger partial charge in [0.2, 0.25) is 0 Å². The van der Waals surface area contributed by atoms with Gasteiger partial charge in [0.25, 0.3) is 0 Å². The molecule has 1 unspecified atom stereocenters. The molecule has 5 atom stereocenters. The average Bonchev–Trinajstić information content (AvgIpc) is 3.08. The summed E-state index contributed by atoms with van der Waals surface area (Å²) in [5, 5.41) is 19.9. The topological polar surface area (TPSA) is 102 Å². The van der Waals surface area contributed by atoms with Crippen LogP contribution in [0.5, 0.6) is 5.75 Å². The van der Waals surface area contributed by atoms with Crippen LogP contribution in [-0.4, -0.2) is 47.8 Å². The van der Waals surface area contributed by atoms with Crippen molar-refractivity contribution in [1.29, 1.82) is 0 Å². The largest absolute Gasteiger partial charge is 0.508 e. The summed E-state index contributed by atoms with van der Waals surface area (Å²) in [4.78, 5) is 22.8. The number of carbonyl (C=O) groups is 2. The molecule has 1 aromatic carbocycles. The number of rotatable bonds is 12. The number of ether oxygens (including phenoxy) is 3. The predicted octanol–water partition coefficient (Wildman–Crippen LogP) is 4.76. The summed E-state index contributed by atoms with van der Waals surface area (Å²) >= 11 is 0. The number of aliphatic hydroxyl groups is 1. The van der Waals surface area contributed by atoms with E-state index in [4.69, 9.17) is 19.3 Å². The van der Waals surface area contributed by atoms with Crippen LogP contribution in [0.4, 0.5) is 4.79 Å². The highest BCUT2D eigenvalue weighted by molar-refractivity contribution is 5.68. The fourth-order valence-corrected chi connectivity index (χ4v) is 5.63. The smallest absolute Gasteiger partial charge is 0.482 e. The Morgan fingerprint density at radius 1 is 1.15 bits per heavy atom. The summed E-state index contributed by atoms with van der Waals surface area (Å²) in [5.74, 6) is 0.519. The summed E-state index contributed by atoms with van der Waals surface area (Å²) in [6, 6.07) is 5.82. The molecule has 0 heterocycles. The lowest BCUT2D eigenvalue weighted by atomic mass is 9.73. The first-order valence-electron chi connectivity index (χ1n) is 12.4. The van der Waals surface area contributed by atoms with Crippen molar-refractivity contribution in [3.05, 3.63) is 29.3 Å². The standard InChI is InChI=1S/C26H38O7/c1-3-5-6-9-19(33-26(30)31-4-2)11-12-20-21-13-17-8-7-10-24(32-16-25(28)29)22(17)14-18(21)15-23(20)27/h7-8,10,18-21,23,27H,3-6,9,11-16H2,1-2H3,(H,28,29)/t18-,19-,20?,21-,23+/m0/s1. The Morgan fingerprint density at radius 3 is 2.70 bits per heavy atom. The summed E-state index contributed by atoms with van der Waals surface area (Å²) in [6.45, 7) is 3.86. The average molecular weight is 463 g/mol. The van der Waals surface area contributed by atoms with E-state index < -0.39 is 12.1 Å². The molecule has 3 rings (SSSR count). The van der Waals surface area contributed by atoms with Crippen molar-refractivity contribution in [2.45, 2.75) is 83.8 Å². The van der Waals surface area contributed by atoms with Crippen molar-refractivity contribution < 1.29 is 34.0 Å². The minimum absolute atomic E-state index is 0.159. The maximum Gasteiger partial charge on any atom is 0.508 e. The molecule has 7 heteroatoms. The Kier molecular flexibility index (Phi) is 9.41. The van der Waals surface area contributed by atoms with Crippen LogP contribution in [-0.2, 0) is 27.1 Å². The van der Waals surface area contributed by atoms with Gasteiger partial charge in [-0.3, -0.25) is 0 Å². The van der Waals surface area contributed by atoms with Gasteiger partial charge in [0.05, 0.1) is 12.7 Å². The third-order valence-corrected chi connectivity index (χ3v) is 7.17. The zero-order valence-electron chi connectivity index (χ0n) is 19.8. The molecule has 2 aliphatic carbocycles. The molecule has 7 nitrogen and oxygen atoms in total. The second kappa shape index (κ2) is 12.3. The van der Waals surface area contributed by atoms with Gasteiger partial charge in [0, 0.05) is 0 Å². The zero-order valence-corrected chi connectivity index (χ0v) is 19.8. The van der Waals surface area contributed by atoms with Crippen molar-refractivity contribution in [1.82, 2.24) is 0 Å². The molecule has 1 saturated carbocycles. The van der Waals surface area contributed by atoms with Gasteiger partial charge < -0.3 is 24.4 Å². The van der Waals surface area contributed by atoms with Gasteiger partial charge in [-0.1, -0.05) is 31.9 Å². The van der Waals surface area contributed by atoms with Crippen molar-refractivity contribution in [2.75, 3.05) is 13.2 Å². The van der Waals surface area contributed by atoms with Crippen LogP contribution in [0.1, 0.15) is 69.9 Å². The van der Waals surface area contributed by atoms with Crippen LogP contribution >= 0.6 is 0 Å². The molecule has 1 aromatic rings. The van der Waals surface area contributed by atoms with Gasteiger partial charge in [-0.2, -0.15) is 0 Å². The molecular weight excluding hydrogens is 424 g/mol. The molecule has 33 heavy (non-hydrogen) atoms. The predicted molar refractivity (Wildman–Crippen MR) is 123 cm³/mol. The molecule has 0 radical (unpaired) electrons. The molecule has 2 aliphatic rings. The number of fused-ring (bicyclic) bond motifs is 2. The lowest BCUT2D eigenvalue weighted by Crippen LogP contribution is -2.29. The third-order valence-electron chi connectivity index (χ3n) is 7.17. The summed E-state index contributed by atoms with van der Waals surface area (Å²) in [7, 11) is 0. The number of aliphatic hydroxyl groups excluding tert-OH is 1. The molecule has 1 fully saturated rings. The highest BCUT2D eigenvalue weighted by Gasteiger charge is 2.45. The van der Waals surface area contributed by atoms with Crippen molar-refractivity contribution in [3.63, 3.8) is 0 Å². The van der Waals surface area contributed by atoms with E-state index in [1.54, 1.807) is 6.92 Å². The zero-order chi connectivity index (χ0) is 23.8. The van der Waals surface area contributed by atoms with Gasteiger partial charge in [-0.15, -0.1) is 0 Å². The highest BCUT2D eigenvalue weighted by atomic mass is 16.7. The molecule has 0 spiro atoms. The summed E-state index contributed by atoms with van der Waals surface area (Å²) < 4.78 is 16.1. The number of carbonyl (C=O) groups excluding carboxylic acids is 1. The van der Waals surface area contributed by atoms with E-state index in [1.807, 2.05) is 12.1 Å². The molecule has 0 bridgehead atoms. The summed E-state index contributed by atoms with van der Waals surface area (Å²) in [5.41, 5.74) is 2.26. The first kappa shape index (κ1) is 25.3. The van der Waals surface area contributed by atoms with Crippen molar-refractivity contribution >= 4 is 12.1 Å². The summed E-state index contributed by atoms with van der Waals surface area (Å²) in [6.07, 6.45) is 6.77. The van der Waals surface area contributed by atoms with Crippen LogP contribution < -0.4 is 4.74 Å². The number of unbranched alkanes of at least 4 members (excludes halogenated alkanes) is 2. The second-order valence-electron chi connectivity index (χ2n) is 9.37. The number of hydrogen-bond acceptors (Lipinski definition) is 6. The molecule has 2 N–H and O–H groups in total. The normalized spacial score (nSPS) is 24.5. The molecule has 0 amide bonds. The van der Waals surface area contributed by atoms with Crippen LogP contribution in [0.15, 0.2) is 18.2 Å². The van der Waals surface area contributed by atoms with E-state index in [0.29, 0.717) is 24.2 Å². The Bertz CT molecular complexity index is 793. The molecule has 184 valence electrons. The lowest BCUT2D eigenvalue weighted by Gasteiger charge is -2.32. The van der Waals surface area contributed by atoms with Crippen molar-refractivity contribution in [3.8, 4) is 5.75 Å². The monoisotopic (exact) mass is 462 g/mol. The molecule has 0 aliphatic heterocycles. The first-order chi connectivity index (χ1) is 15.9. The van der Waals surface area contributed by atoms with Crippen LogP contribution in [0.3, 0.4) is 0 Å². The highest BCUT2D eigenvalue weighted by Crippen LogP contribution is 2.48. The van der Waals surface area contributed by atoms with Crippen molar-refractivity contribution in [2.24, 2.45) is 17.8 Å².